The Morgan fingerprint density at radius 2 is 2.00 bits per heavy atom. The summed E-state index contributed by atoms with van der Waals surface area (Å²) in [5.74, 6) is 0.801. The van der Waals surface area contributed by atoms with Crippen molar-refractivity contribution in [2.24, 2.45) is 0 Å². The molecule has 16 heavy (non-hydrogen) atoms. The van der Waals surface area contributed by atoms with Gasteiger partial charge in [0.1, 0.15) is 5.75 Å². The van der Waals surface area contributed by atoms with Crippen molar-refractivity contribution in [1.82, 2.24) is 9.97 Å². The van der Waals surface area contributed by atoms with Gasteiger partial charge in [-0.15, -0.1) is 0 Å². The van der Waals surface area contributed by atoms with Gasteiger partial charge in [0.05, 0.1) is 24.7 Å². The molecule has 0 aliphatic heterocycles. The van der Waals surface area contributed by atoms with Gasteiger partial charge in [-0.2, -0.15) is 0 Å². The Hall–Kier alpha value is -1.88. The predicted octanol–water partition coefficient (Wildman–Crippen LogP) is 2.40. The summed E-state index contributed by atoms with van der Waals surface area (Å²) < 4.78 is 5.50. The Kier molecular flexibility index (Phi) is 2.87. The van der Waals surface area contributed by atoms with Crippen LogP contribution < -0.4 is 10.5 Å². The van der Waals surface area contributed by atoms with E-state index in [1.165, 1.54) is 0 Å². The van der Waals surface area contributed by atoms with E-state index >= 15 is 0 Å². The third-order valence-corrected chi connectivity index (χ3v) is 2.43. The van der Waals surface area contributed by atoms with Gasteiger partial charge in [-0.3, -0.25) is 0 Å². The summed E-state index contributed by atoms with van der Waals surface area (Å²) in [5.41, 5.74) is 8.12. The van der Waals surface area contributed by atoms with Crippen LogP contribution in [0.2, 0.25) is 0 Å². The van der Waals surface area contributed by atoms with Crippen LogP contribution in [0.25, 0.3) is 11.3 Å². The standard InChI is InChI=1S/C11H11N3OS/c1-15-8-4-2-7(3-5-8)10-9(12)6-13-11(16)14-10/h2-6H,12H2,1H3,(H,13,14,16). The van der Waals surface area contributed by atoms with E-state index in [0.29, 0.717) is 10.5 Å². The highest BCUT2D eigenvalue weighted by Gasteiger charge is 2.03. The van der Waals surface area contributed by atoms with E-state index in [1.54, 1.807) is 13.3 Å². The molecule has 0 fully saturated rings. The zero-order chi connectivity index (χ0) is 11.5. The molecule has 0 amide bonds. The number of nitrogens with one attached hydrogen (secondary N) is 1. The van der Waals surface area contributed by atoms with Crippen LogP contribution in [0, 0.1) is 4.77 Å². The van der Waals surface area contributed by atoms with Crippen LogP contribution >= 0.6 is 12.2 Å². The molecule has 0 unspecified atom stereocenters. The number of anilines is 1. The highest BCUT2D eigenvalue weighted by atomic mass is 32.1. The second-order valence-corrected chi connectivity index (χ2v) is 3.63. The lowest BCUT2D eigenvalue weighted by molar-refractivity contribution is 0.415. The molecule has 3 N–H and O–H groups in total. The second-order valence-electron chi connectivity index (χ2n) is 3.25. The number of benzene rings is 1. The molecule has 0 bridgehead atoms. The smallest absolute Gasteiger partial charge is 0.197 e. The van der Waals surface area contributed by atoms with Crippen LogP contribution in [0.15, 0.2) is 30.5 Å². The number of nitrogens with zero attached hydrogens (tertiary/aromatic N) is 1. The number of aromatic nitrogens is 2. The van der Waals surface area contributed by atoms with Crippen molar-refractivity contribution in [2.45, 2.75) is 0 Å². The van der Waals surface area contributed by atoms with E-state index in [0.717, 1.165) is 17.0 Å². The van der Waals surface area contributed by atoms with Crippen molar-refractivity contribution in [3.05, 3.63) is 35.2 Å². The maximum atomic E-state index is 5.82. The fourth-order valence-electron chi connectivity index (χ4n) is 1.40. The molecule has 0 aliphatic carbocycles. The topological polar surface area (TPSA) is 63.9 Å². The van der Waals surface area contributed by atoms with Gasteiger partial charge in [-0.25, -0.2) is 4.98 Å². The predicted molar refractivity (Wildman–Crippen MR) is 65.8 cm³/mol. The molecule has 2 rings (SSSR count). The minimum absolute atomic E-state index is 0.417. The Morgan fingerprint density at radius 3 is 2.62 bits per heavy atom. The number of rotatable bonds is 2. The van der Waals surface area contributed by atoms with Gasteiger partial charge < -0.3 is 15.5 Å². The van der Waals surface area contributed by atoms with Crippen molar-refractivity contribution in [3.8, 4) is 17.0 Å². The van der Waals surface area contributed by atoms with Crippen molar-refractivity contribution >= 4 is 17.9 Å². The van der Waals surface area contributed by atoms with Crippen LogP contribution in [-0.2, 0) is 0 Å². The summed E-state index contributed by atoms with van der Waals surface area (Å²) in [7, 11) is 1.63. The highest BCUT2D eigenvalue weighted by Crippen LogP contribution is 2.24. The second kappa shape index (κ2) is 4.32. The zero-order valence-electron chi connectivity index (χ0n) is 8.73. The molecule has 0 aliphatic rings. The van der Waals surface area contributed by atoms with Gasteiger partial charge in [0.2, 0.25) is 0 Å². The molecule has 82 valence electrons. The van der Waals surface area contributed by atoms with Crippen molar-refractivity contribution < 1.29 is 4.74 Å². The van der Waals surface area contributed by atoms with Crippen LogP contribution in [-0.4, -0.2) is 17.1 Å². The minimum Gasteiger partial charge on any atom is -0.497 e. The van der Waals surface area contributed by atoms with Crippen LogP contribution in [0.4, 0.5) is 5.69 Å². The number of ether oxygens (including phenoxy) is 1. The largest absolute Gasteiger partial charge is 0.497 e. The molecule has 0 spiro atoms. The molecule has 4 nitrogen and oxygen atoms in total. The van der Waals surface area contributed by atoms with Gasteiger partial charge in [0.15, 0.2) is 4.77 Å². The third kappa shape index (κ3) is 2.04. The van der Waals surface area contributed by atoms with Gasteiger partial charge >= 0.3 is 0 Å². The molecule has 2 aromatic rings. The Bertz CT molecular complexity index is 548. The van der Waals surface area contributed by atoms with Crippen molar-refractivity contribution in [1.29, 1.82) is 0 Å². The van der Waals surface area contributed by atoms with E-state index in [4.69, 9.17) is 22.7 Å². The summed E-state index contributed by atoms with van der Waals surface area (Å²) in [6.07, 6.45) is 1.55. The fourth-order valence-corrected chi connectivity index (χ4v) is 1.56. The molecular weight excluding hydrogens is 222 g/mol. The van der Waals surface area contributed by atoms with Gasteiger partial charge in [-0.1, -0.05) is 0 Å². The van der Waals surface area contributed by atoms with Crippen LogP contribution in [0.3, 0.4) is 0 Å². The first kappa shape index (κ1) is 10.6. The molecule has 0 atom stereocenters. The Morgan fingerprint density at radius 1 is 1.31 bits per heavy atom. The number of H-pyrrole nitrogens is 1. The Labute approximate surface area is 98.1 Å². The fraction of sp³-hybridized carbons (Fsp3) is 0.0909. The van der Waals surface area contributed by atoms with Gasteiger partial charge in [0.25, 0.3) is 0 Å². The van der Waals surface area contributed by atoms with Gasteiger partial charge in [-0.05, 0) is 36.5 Å². The summed E-state index contributed by atoms with van der Waals surface area (Å²) in [4.78, 5) is 6.88. The number of nitrogen functional groups attached to an aromatic ring is 1. The normalized spacial score (nSPS) is 10.1. The van der Waals surface area contributed by atoms with E-state index in [9.17, 15) is 0 Å². The average molecular weight is 233 g/mol. The quantitative estimate of drug-likeness (QED) is 0.782. The molecule has 1 aromatic heterocycles. The summed E-state index contributed by atoms with van der Waals surface area (Å²) in [5, 5.41) is 0. The summed E-state index contributed by atoms with van der Waals surface area (Å²) >= 11 is 4.96. The van der Waals surface area contributed by atoms with E-state index in [2.05, 4.69) is 9.97 Å². The molecule has 0 saturated carbocycles. The molecule has 1 aromatic carbocycles. The maximum absolute atomic E-state index is 5.82. The zero-order valence-corrected chi connectivity index (χ0v) is 9.54. The molecule has 0 saturated heterocycles. The number of hydrogen-bond donors (Lipinski definition) is 2. The first-order valence-corrected chi connectivity index (χ1v) is 5.11. The van der Waals surface area contributed by atoms with E-state index < -0.39 is 0 Å². The van der Waals surface area contributed by atoms with E-state index in [1.807, 2.05) is 24.3 Å². The minimum atomic E-state index is 0.417. The summed E-state index contributed by atoms with van der Waals surface area (Å²) in [6.45, 7) is 0. The molecule has 0 radical (unpaired) electrons. The number of nitrogens with two attached hydrogens (primary N) is 1. The lowest BCUT2D eigenvalue weighted by Crippen LogP contribution is -1.95. The highest BCUT2D eigenvalue weighted by molar-refractivity contribution is 7.71. The lowest BCUT2D eigenvalue weighted by Gasteiger charge is -2.06. The van der Waals surface area contributed by atoms with Crippen LogP contribution in [0.1, 0.15) is 0 Å². The van der Waals surface area contributed by atoms with E-state index in [-0.39, 0.29) is 0 Å². The average Bonchev–Trinajstić information content (AvgIpc) is 2.32. The van der Waals surface area contributed by atoms with Crippen LogP contribution in [0.5, 0.6) is 5.75 Å². The van der Waals surface area contributed by atoms with Crippen molar-refractivity contribution in [2.75, 3.05) is 12.8 Å². The third-order valence-electron chi connectivity index (χ3n) is 2.22. The SMILES string of the molecule is COc1ccc(-c2[nH]c(=S)ncc2N)cc1. The first-order chi connectivity index (χ1) is 7.70. The first-order valence-electron chi connectivity index (χ1n) is 4.70. The summed E-state index contributed by atoms with van der Waals surface area (Å²) in [6, 6.07) is 7.56. The monoisotopic (exact) mass is 233 g/mol. The molecular formula is C11H11N3OS. The number of hydrogen-bond acceptors (Lipinski definition) is 4. The van der Waals surface area contributed by atoms with Crippen molar-refractivity contribution in [3.63, 3.8) is 0 Å². The molecule has 1 heterocycles. The maximum Gasteiger partial charge on any atom is 0.197 e. The number of aromatic amines is 1. The lowest BCUT2D eigenvalue weighted by atomic mass is 10.1. The molecule has 5 heteroatoms. The van der Waals surface area contributed by atoms with Gasteiger partial charge in [0, 0.05) is 5.56 Å². The Balaban J connectivity index is 2.50. The number of methoxy groups -OCH3 is 1.